The van der Waals surface area contributed by atoms with Crippen LogP contribution in [0.15, 0.2) is 34.2 Å². The van der Waals surface area contributed by atoms with Crippen LogP contribution in [-0.4, -0.2) is 21.4 Å². The highest BCUT2D eigenvalue weighted by Gasteiger charge is 2.00. The zero-order chi connectivity index (χ0) is 9.97. The van der Waals surface area contributed by atoms with Gasteiger partial charge in [-0.05, 0) is 12.1 Å². The van der Waals surface area contributed by atoms with E-state index in [1.165, 1.54) is 0 Å². The van der Waals surface area contributed by atoms with E-state index in [0.717, 1.165) is 6.21 Å². The maximum atomic E-state index is 11.3. The van der Waals surface area contributed by atoms with Gasteiger partial charge in [0.1, 0.15) is 0 Å². The van der Waals surface area contributed by atoms with E-state index in [2.05, 4.69) is 15.1 Å². The Balaban J connectivity index is 2.77. The van der Waals surface area contributed by atoms with Crippen molar-refractivity contribution in [3.63, 3.8) is 0 Å². The lowest BCUT2D eigenvalue weighted by Gasteiger charge is -1.96. The summed E-state index contributed by atoms with van der Waals surface area (Å²) >= 11 is 0. The highest BCUT2D eigenvalue weighted by Crippen LogP contribution is 2.04. The standard InChI is InChI=1S/C9H7N3O2/c13-9-8(5-10-14)11-6-3-1-2-4-7(6)12-9/h1-5,14H,(H,12,13). The Hall–Kier alpha value is -2.17. The molecule has 0 amide bonds. The van der Waals surface area contributed by atoms with Crippen molar-refractivity contribution in [2.24, 2.45) is 5.16 Å². The van der Waals surface area contributed by atoms with E-state index in [-0.39, 0.29) is 11.3 Å². The first kappa shape index (κ1) is 8.43. The summed E-state index contributed by atoms with van der Waals surface area (Å²) in [5.74, 6) is 0. The molecule has 0 atom stereocenters. The van der Waals surface area contributed by atoms with Crippen LogP contribution in [0.5, 0.6) is 0 Å². The zero-order valence-electron chi connectivity index (χ0n) is 7.14. The summed E-state index contributed by atoms with van der Waals surface area (Å²) in [6.07, 6.45) is 1.01. The van der Waals surface area contributed by atoms with Gasteiger partial charge in [0, 0.05) is 0 Å². The van der Waals surface area contributed by atoms with Crippen LogP contribution in [-0.2, 0) is 0 Å². The third-order valence-electron chi connectivity index (χ3n) is 1.81. The number of fused-ring (bicyclic) bond motifs is 1. The van der Waals surface area contributed by atoms with E-state index in [0.29, 0.717) is 11.0 Å². The Labute approximate surface area is 78.7 Å². The van der Waals surface area contributed by atoms with Crippen LogP contribution >= 0.6 is 0 Å². The van der Waals surface area contributed by atoms with Gasteiger partial charge in [-0.15, -0.1) is 0 Å². The number of rotatable bonds is 1. The van der Waals surface area contributed by atoms with Crippen molar-refractivity contribution < 1.29 is 5.21 Å². The monoisotopic (exact) mass is 189 g/mol. The van der Waals surface area contributed by atoms with E-state index >= 15 is 0 Å². The molecular weight excluding hydrogens is 182 g/mol. The van der Waals surface area contributed by atoms with Crippen LogP contribution in [0, 0.1) is 0 Å². The first-order chi connectivity index (χ1) is 6.81. The fourth-order valence-corrected chi connectivity index (χ4v) is 1.19. The minimum atomic E-state index is -0.374. The average molecular weight is 189 g/mol. The van der Waals surface area contributed by atoms with Crippen molar-refractivity contribution in [2.45, 2.75) is 0 Å². The SMILES string of the molecule is O=c1[nH]c2ccccc2nc1C=NO. The molecule has 2 N–H and O–H groups in total. The van der Waals surface area contributed by atoms with Gasteiger partial charge < -0.3 is 10.2 Å². The molecular formula is C9H7N3O2. The molecule has 5 heteroatoms. The van der Waals surface area contributed by atoms with E-state index in [1.807, 2.05) is 6.07 Å². The molecule has 0 aliphatic rings. The Morgan fingerprint density at radius 1 is 1.43 bits per heavy atom. The second kappa shape index (κ2) is 3.29. The number of oxime groups is 1. The summed E-state index contributed by atoms with van der Waals surface area (Å²) in [4.78, 5) is 17.9. The lowest BCUT2D eigenvalue weighted by atomic mass is 10.3. The fraction of sp³-hybridized carbons (Fsp3) is 0. The smallest absolute Gasteiger partial charge is 0.276 e. The molecule has 1 heterocycles. The van der Waals surface area contributed by atoms with Crippen LogP contribution in [0.25, 0.3) is 11.0 Å². The van der Waals surface area contributed by atoms with Crippen molar-refractivity contribution in [1.29, 1.82) is 0 Å². The molecule has 2 rings (SSSR count). The molecule has 0 fully saturated rings. The number of hydrogen-bond donors (Lipinski definition) is 2. The van der Waals surface area contributed by atoms with Gasteiger partial charge in [0.05, 0.1) is 17.2 Å². The topological polar surface area (TPSA) is 78.3 Å². The van der Waals surface area contributed by atoms with Crippen molar-refractivity contribution in [3.8, 4) is 0 Å². The third-order valence-corrected chi connectivity index (χ3v) is 1.81. The van der Waals surface area contributed by atoms with Crippen molar-refractivity contribution in [1.82, 2.24) is 9.97 Å². The van der Waals surface area contributed by atoms with Gasteiger partial charge in [0.25, 0.3) is 5.56 Å². The Morgan fingerprint density at radius 3 is 3.00 bits per heavy atom. The molecule has 14 heavy (non-hydrogen) atoms. The molecule has 5 nitrogen and oxygen atoms in total. The van der Waals surface area contributed by atoms with Gasteiger partial charge in [-0.2, -0.15) is 0 Å². The Kier molecular flexibility index (Phi) is 1.98. The molecule has 0 spiro atoms. The van der Waals surface area contributed by atoms with Gasteiger partial charge in [-0.25, -0.2) is 4.98 Å². The molecule has 0 radical (unpaired) electrons. The lowest BCUT2D eigenvalue weighted by molar-refractivity contribution is 0.321. The largest absolute Gasteiger partial charge is 0.411 e. The predicted octanol–water partition coefficient (Wildman–Crippen LogP) is 0.731. The number of hydrogen-bond acceptors (Lipinski definition) is 4. The minimum absolute atomic E-state index is 0.0891. The second-order valence-corrected chi connectivity index (χ2v) is 2.71. The summed E-state index contributed by atoms with van der Waals surface area (Å²) in [5.41, 5.74) is 1.03. The maximum absolute atomic E-state index is 11.3. The number of nitrogens with zero attached hydrogens (tertiary/aromatic N) is 2. The van der Waals surface area contributed by atoms with Crippen molar-refractivity contribution in [2.75, 3.05) is 0 Å². The van der Waals surface area contributed by atoms with Crippen LogP contribution in [0.1, 0.15) is 5.69 Å². The summed E-state index contributed by atoms with van der Waals surface area (Å²) in [6, 6.07) is 7.14. The third kappa shape index (κ3) is 1.35. The number of benzene rings is 1. The van der Waals surface area contributed by atoms with Gasteiger partial charge in [0.15, 0.2) is 5.69 Å². The molecule has 1 aromatic carbocycles. The summed E-state index contributed by atoms with van der Waals surface area (Å²) < 4.78 is 0. The summed E-state index contributed by atoms with van der Waals surface area (Å²) in [7, 11) is 0. The van der Waals surface area contributed by atoms with Gasteiger partial charge >= 0.3 is 0 Å². The number of H-pyrrole nitrogens is 1. The first-order valence-electron chi connectivity index (χ1n) is 3.98. The highest BCUT2D eigenvalue weighted by molar-refractivity contribution is 5.81. The normalized spacial score (nSPS) is 11.1. The molecule has 0 bridgehead atoms. The maximum Gasteiger partial charge on any atom is 0.276 e. The molecule has 2 aromatic rings. The molecule has 0 saturated carbocycles. The van der Waals surface area contributed by atoms with E-state index in [4.69, 9.17) is 5.21 Å². The first-order valence-corrected chi connectivity index (χ1v) is 3.98. The van der Waals surface area contributed by atoms with Gasteiger partial charge in [0.2, 0.25) is 0 Å². The summed E-state index contributed by atoms with van der Waals surface area (Å²) in [6.45, 7) is 0. The molecule has 0 aliphatic carbocycles. The van der Waals surface area contributed by atoms with E-state index < -0.39 is 0 Å². The van der Waals surface area contributed by atoms with Gasteiger partial charge in [-0.3, -0.25) is 4.79 Å². The van der Waals surface area contributed by atoms with E-state index in [9.17, 15) is 4.79 Å². The fourth-order valence-electron chi connectivity index (χ4n) is 1.19. The van der Waals surface area contributed by atoms with Gasteiger partial charge in [-0.1, -0.05) is 17.3 Å². The molecule has 0 saturated heterocycles. The molecule has 1 aromatic heterocycles. The van der Waals surface area contributed by atoms with Crippen LogP contribution in [0.3, 0.4) is 0 Å². The molecule has 0 unspecified atom stereocenters. The summed E-state index contributed by atoms with van der Waals surface area (Å²) in [5, 5.41) is 11.1. The number of aromatic nitrogens is 2. The number of para-hydroxylation sites is 2. The molecule has 0 aliphatic heterocycles. The van der Waals surface area contributed by atoms with Crippen molar-refractivity contribution >= 4 is 17.2 Å². The van der Waals surface area contributed by atoms with Crippen molar-refractivity contribution in [3.05, 3.63) is 40.3 Å². The lowest BCUT2D eigenvalue weighted by Crippen LogP contribution is -2.14. The quantitative estimate of drug-likeness (QED) is 0.394. The van der Waals surface area contributed by atoms with E-state index in [1.54, 1.807) is 18.2 Å². The zero-order valence-corrected chi connectivity index (χ0v) is 7.14. The minimum Gasteiger partial charge on any atom is -0.411 e. The highest BCUT2D eigenvalue weighted by atomic mass is 16.4. The number of aromatic amines is 1. The second-order valence-electron chi connectivity index (χ2n) is 2.71. The van der Waals surface area contributed by atoms with Crippen LogP contribution in [0.4, 0.5) is 0 Å². The Bertz CT molecular complexity index is 545. The van der Waals surface area contributed by atoms with Crippen LogP contribution in [0.2, 0.25) is 0 Å². The Morgan fingerprint density at radius 2 is 2.21 bits per heavy atom. The average Bonchev–Trinajstić information content (AvgIpc) is 2.19. The molecule has 70 valence electrons. The predicted molar refractivity (Wildman–Crippen MR) is 51.7 cm³/mol. The number of nitrogens with one attached hydrogen (secondary N) is 1. The van der Waals surface area contributed by atoms with Crippen LogP contribution < -0.4 is 5.56 Å².